The Labute approximate surface area is 208 Å². The summed E-state index contributed by atoms with van der Waals surface area (Å²) in [5, 5.41) is 9.69. The van der Waals surface area contributed by atoms with Crippen LogP contribution in [0.2, 0.25) is 0 Å². The maximum Gasteiger partial charge on any atom is 0.275 e. The highest BCUT2D eigenvalue weighted by Crippen LogP contribution is 2.28. The number of hydroxylamine groups is 1. The van der Waals surface area contributed by atoms with Crippen LogP contribution in [-0.4, -0.2) is 40.5 Å². The van der Waals surface area contributed by atoms with Gasteiger partial charge in [0.1, 0.15) is 11.5 Å². The summed E-state index contributed by atoms with van der Waals surface area (Å²) in [5.41, 5.74) is 6.14. The number of carbonyl (C=O) groups is 1. The highest BCUT2D eigenvalue weighted by atomic mass is 16.8. The van der Waals surface area contributed by atoms with Gasteiger partial charge in [-0.25, -0.2) is 15.3 Å². The molecule has 0 radical (unpaired) electrons. The molecule has 1 aliphatic rings. The van der Waals surface area contributed by atoms with Crippen molar-refractivity contribution < 1.29 is 24.2 Å². The summed E-state index contributed by atoms with van der Waals surface area (Å²) >= 11 is 0. The van der Waals surface area contributed by atoms with Gasteiger partial charge in [0.05, 0.1) is 16.8 Å². The fourth-order valence-electron chi connectivity index (χ4n) is 4.07. The molecule has 8 nitrogen and oxygen atoms in total. The second kappa shape index (κ2) is 11.3. The first-order valence-corrected chi connectivity index (χ1v) is 12.0. The smallest absolute Gasteiger partial charge is 0.275 e. The summed E-state index contributed by atoms with van der Waals surface area (Å²) in [6.45, 7) is 0.744. The quantitative estimate of drug-likeness (QED) is 0.345. The van der Waals surface area contributed by atoms with Crippen molar-refractivity contribution in [2.45, 2.75) is 32.0 Å². The predicted octanol–water partition coefficient (Wildman–Crippen LogP) is 4.81. The van der Waals surface area contributed by atoms with Crippen molar-refractivity contribution in [3.05, 3.63) is 84.2 Å². The molecule has 1 amide bonds. The standard InChI is InChI=1S/C28H27N3O5/c32-15-13-19-4-8-21(9-5-19)35-22-10-6-20(7-11-22)26-17-23(24-18-29-14-12-25(24)30-26)28(33)31-36-27-3-1-2-16-34-27/h4-12,14,17-18,27,32H,1-3,13,15-16H2,(H,31,33). The lowest BCUT2D eigenvalue weighted by Crippen LogP contribution is -2.33. The number of rotatable bonds is 8. The van der Waals surface area contributed by atoms with Gasteiger partial charge in [-0.3, -0.25) is 9.78 Å². The molecule has 3 heterocycles. The van der Waals surface area contributed by atoms with Crippen LogP contribution >= 0.6 is 0 Å². The normalized spacial score (nSPS) is 15.5. The number of ether oxygens (including phenoxy) is 2. The fraction of sp³-hybridized carbons (Fsp3) is 0.250. The summed E-state index contributed by atoms with van der Waals surface area (Å²) in [4.78, 5) is 27.4. The Kier molecular flexibility index (Phi) is 7.47. The molecular weight excluding hydrogens is 458 g/mol. The summed E-state index contributed by atoms with van der Waals surface area (Å²) < 4.78 is 11.5. The molecule has 1 fully saturated rings. The fourth-order valence-corrected chi connectivity index (χ4v) is 4.07. The van der Waals surface area contributed by atoms with E-state index in [4.69, 9.17) is 24.4 Å². The van der Waals surface area contributed by atoms with Crippen molar-refractivity contribution in [1.29, 1.82) is 0 Å². The summed E-state index contributed by atoms with van der Waals surface area (Å²) in [7, 11) is 0. The van der Waals surface area contributed by atoms with Crippen molar-refractivity contribution in [3.63, 3.8) is 0 Å². The lowest BCUT2D eigenvalue weighted by atomic mass is 10.0. The number of hydrogen-bond acceptors (Lipinski definition) is 7. The SMILES string of the molecule is O=C(NOC1CCCCO1)c1cc(-c2ccc(Oc3ccc(CCO)cc3)cc2)nc2ccncc12. The number of fused-ring (bicyclic) bond motifs is 1. The largest absolute Gasteiger partial charge is 0.457 e. The minimum absolute atomic E-state index is 0.117. The molecule has 2 aromatic carbocycles. The number of nitrogens with one attached hydrogen (secondary N) is 1. The first-order valence-electron chi connectivity index (χ1n) is 12.0. The van der Waals surface area contributed by atoms with Gasteiger partial charge in [-0.05, 0) is 73.4 Å². The van der Waals surface area contributed by atoms with Crippen LogP contribution in [0.15, 0.2) is 73.1 Å². The number of nitrogens with zero attached hydrogens (tertiary/aromatic N) is 2. The van der Waals surface area contributed by atoms with E-state index < -0.39 is 6.29 Å². The Bertz CT molecular complexity index is 1320. The summed E-state index contributed by atoms with van der Waals surface area (Å²) in [6, 6.07) is 18.7. The van der Waals surface area contributed by atoms with Crippen LogP contribution in [0, 0.1) is 0 Å². The molecule has 1 unspecified atom stereocenters. The zero-order valence-corrected chi connectivity index (χ0v) is 19.7. The topological polar surface area (TPSA) is 103 Å². The van der Waals surface area contributed by atoms with E-state index >= 15 is 0 Å². The van der Waals surface area contributed by atoms with Gasteiger partial charge in [-0.1, -0.05) is 12.1 Å². The number of pyridine rings is 2. The van der Waals surface area contributed by atoms with E-state index in [1.165, 1.54) is 0 Å². The number of carbonyl (C=O) groups excluding carboxylic acids is 1. The molecule has 0 aliphatic carbocycles. The first kappa shape index (κ1) is 23.9. The van der Waals surface area contributed by atoms with E-state index in [0.29, 0.717) is 46.7 Å². The minimum Gasteiger partial charge on any atom is -0.457 e. The van der Waals surface area contributed by atoms with Gasteiger partial charge in [0.15, 0.2) is 6.29 Å². The van der Waals surface area contributed by atoms with Crippen LogP contribution in [0.3, 0.4) is 0 Å². The summed E-state index contributed by atoms with van der Waals surface area (Å²) in [5.74, 6) is 1.01. The lowest BCUT2D eigenvalue weighted by Gasteiger charge is -2.22. The molecule has 8 heteroatoms. The number of aromatic nitrogens is 2. The summed E-state index contributed by atoms with van der Waals surface area (Å²) in [6.07, 6.45) is 6.19. The highest BCUT2D eigenvalue weighted by Gasteiger charge is 2.19. The van der Waals surface area contributed by atoms with Crippen molar-refractivity contribution in [2.24, 2.45) is 0 Å². The molecule has 184 valence electrons. The zero-order chi connectivity index (χ0) is 24.7. The molecule has 1 saturated heterocycles. The maximum atomic E-state index is 13.0. The second-order valence-electron chi connectivity index (χ2n) is 8.54. The molecule has 5 rings (SSSR count). The Hall–Kier alpha value is -3.85. The third-order valence-electron chi connectivity index (χ3n) is 5.99. The molecule has 0 bridgehead atoms. The predicted molar refractivity (Wildman–Crippen MR) is 134 cm³/mol. The third-order valence-corrected chi connectivity index (χ3v) is 5.99. The van der Waals surface area contributed by atoms with Crippen LogP contribution in [0.25, 0.3) is 22.2 Å². The van der Waals surface area contributed by atoms with Gasteiger partial charge in [0.2, 0.25) is 0 Å². The lowest BCUT2D eigenvalue weighted by molar-refractivity contribution is -0.186. The van der Waals surface area contributed by atoms with Crippen molar-refractivity contribution in [1.82, 2.24) is 15.4 Å². The van der Waals surface area contributed by atoms with E-state index in [-0.39, 0.29) is 12.5 Å². The molecule has 0 spiro atoms. The number of amides is 1. The van der Waals surface area contributed by atoms with E-state index in [2.05, 4.69) is 10.5 Å². The molecule has 2 aromatic heterocycles. The second-order valence-corrected chi connectivity index (χ2v) is 8.54. The molecule has 36 heavy (non-hydrogen) atoms. The van der Waals surface area contributed by atoms with Crippen LogP contribution < -0.4 is 10.2 Å². The average Bonchev–Trinajstić information content (AvgIpc) is 2.93. The van der Waals surface area contributed by atoms with E-state index in [1.807, 2.05) is 48.5 Å². The van der Waals surface area contributed by atoms with Gasteiger partial charge < -0.3 is 14.6 Å². The van der Waals surface area contributed by atoms with Gasteiger partial charge in [0, 0.05) is 43.0 Å². The number of aliphatic hydroxyl groups is 1. The van der Waals surface area contributed by atoms with Gasteiger partial charge in [-0.2, -0.15) is 0 Å². The van der Waals surface area contributed by atoms with E-state index in [9.17, 15) is 4.79 Å². The molecule has 2 N–H and O–H groups in total. The third kappa shape index (κ3) is 5.68. The Morgan fingerprint density at radius 2 is 1.83 bits per heavy atom. The van der Waals surface area contributed by atoms with E-state index in [1.54, 1.807) is 24.5 Å². The van der Waals surface area contributed by atoms with Crippen LogP contribution in [0.4, 0.5) is 0 Å². The zero-order valence-electron chi connectivity index (χ0n) is 19.7. The molecule has 4 aromatic rings. The Balaban J connectivity index is 1.35. The van der Waals surface area contributed by atoms with E-state index in [0.717, 1.165) is 30.4 Å². The monoisotopic (exact) mass is 485 g/mol. The van der Waals surface area contributed by atoms with Crippen molar-refractivity contribution >= 4 is 16.8 Å². The minimum atomic E-state index is -0.438. The van der Waals surface area contributed by atoms with Gasteiger partial charge >= 0.3 is 0 Å². The number of aliphatic hydroxyl groups excluding tert-OH is 1. The number of benzene rings is 2. The average molecular weight is 486 g/mol. The van der Waals surface area contributed by atoms with Gasteiger partial charge in [0.25, 0.3) is 5.91 Å². The first-order chi connectivity index (χ1) is 17.7. The molecule has 1 atom stereocenters. The van der Waals surface area contributed by atoms with Crippen LogP contribution in [0.5, 0.6) is 11.5 Å². The van der Waals surface area contributed by atoms with Crippen molar-refractivity contribution in [3.8, 4) is 22.8 Å². The molecule has 1 aliphatic heterocycles. The number of hydrogen-bond donors (Lipinski definition) is 2. The Morgan fingerprint density at radius 3 is 2.56 bits per heavy atom. The molecular formula is C28H27N3O5. The molecule has 0 saturated carbocycles. The maximum absolute atomic E-state index is 13.0. The van der Waals surface area contributed by atoms with Crippen LogP contribution in [-0.2, 0) is 16.0 Å². The van der Waals surface area contributed by atoms with Crippen molar-refractivity contribution in [2.75, 3.05) is 13.2 Å². The van der Waals surface area contributed by atoms with Crippen LogP contribution in [0.1, 0.15) is 35.2 Å². The highest BCUT2D eigenvalue weighted by molar-refractivity contribution is 6.06. The Morgan fingerprint density at radius 1 is 1.06 bits per heavy atom. The van der Waals surface area contributed by atoms with Gasteiger partial charge in [-0.15, -0.1) is 0 Å².